The van der Waals surface area contributed by atoms with Crippen LogP contribution in [-0.4, -0.2) is 31.5 Å². The van der Waals surface area contributed by atoms with Crippen LogP contribution in [0.1, 0.15) is 27.7 Å². The number of carbonyl (C=O) groups excluding carboxylic acids is 2. The number of hydrogen-bond acceptors (Lipinski definition) is 9. The highest BCUT2D eigenvalue weighted by Gasteiger charge is 2.28. The van der Waals surface area contributed by atoms with Crippen molar-refractivity contribution in [2.75, 3.05) is 0 Å². The number of carbonyl (C=O) groups is 2. The van der Waals surface area contributed by atoms with Crippen LogP contribution in [0.15, 0.2) is 23.8 Å². The van der Waals surface area contributed by atoms with Gasteiger partial charge in [0.05, 0.1) is 28.6 Å². The Bertz CT molecular complexity index is 1070. The topological polar surface area (TPSA) is 126 Å². The number of hydrogen-bond donors (Lipinski definition) is 0. The lowest BCUT2D eigenvalue weighted by Gasteiger charge is -2.14. The Balaban J connectivity index is 2.17. The van der Waals surface area contributed by atoms with Crippen LogP contribution in [0.4, 0.5) is 5.69 Å². The van der Waals surface area contributed by atoms with E-state index in [1.165, 1.54) is 28.0 Å². The zero-order chi connectivity index (χ0) is 21.3. The molecule has 2 aromatic heterocycles. The normalized spacial score (nSPS) is 11.2. The van der Waals surface area contributed by atoms with Crippen LogP contribution in [-0.2, 0) is 9.59 Å². The number of fused-ring (bicyclic) bond motifs is 1. The van der Waals surface area contributed by atoms with Gasteiger partial charge in [-0.1, -0.05) is 39.0 Å². The molecule has 0 aliphatic heterocycles. The van der Waals surface area contributed by atoms with E-state index in [4.69, 9.17) is 9.47 Å². The molecule has 0 unspecified atom stereocenters. The first-order valence-electron chi connectivity index (χ1n) is 8.72. The predicted molar refractivity (Wildman–Crippen MR) is 104 cm³/mol. The van der Waals surface area contributed by atoms with Crippen LogP contribution in [0, 0.1) is 22.0 Å². The van der Waals surface area contributed by atoms with Crippen molar-refractivity contribution in [3.8, 4) is 22.8 Å². The van der Waals surface area contributed by atoms with Gasteiger partial charge in [-0.25, -0.2) is 9.50 Å². The lowest BCUT2D eigenvalue weighted by molar-refractivity contribution is -0.385. The van der Waals surface area contributed by atoms with Crippen molar-refractivity contribution in [3.63, 3.8) is 0 Å². The van der Waals surface area contributed by atoms with E-state index in [1.54, 1.807) is 39.4 Å². The Morgan fingerprint density at radius 1 is 1.14 bits per heavy atom. The zero-order valence-electron chi connectivity index (χ0n) is 16.1. The summed E-state index contributed by atoms with van der Waals surface area (Å²) in [7, 11) is 0. The van der Waals surface area contributed by atoms with Gasteiger partial charge in [0.2, 0.25) is 4.96 Å². The zero-order valence-corrected chi connectivity index (χ0v) is 16.9. The molecule has 0 fully saturated rings. The molecule has 0 aliphatic carbocycles. The lowest BCUT2D eigenvalue weighted by Crippen LogP contribution is -2.19. The summed E-state index contributed by atoms with van der Waals surface area (Å²) in [5.74, 6) is -2.96. The van der Waals surface area contributed by atoms with Gasteiger partial charge in [0.15, 0.2) is 5.75 Å². The molecule has 0 aliphatic rings. The molecule has 0 atom stereocenters. The van der Waals surface area contributed by atoms with E-state index in [0.717, 1.165) is 0 Å². The first-order chi connectivity index (χ1) is 13.7. The summed E-state index contributed by atoms with van der Waals surface area (Å²) in [5.41, 5.74) is 1.83. The van der Waals surface area contributed by atoms with Crippen molar-refractivity contribution >= 4 is 33.9 Å². The molecule has 2 heterocycles. The maximum Gasteiger partial charge on any atom is 0.316 e. The Morgan fingerprint density at radius 3 is 2.38 bits per heavy atom. The van der Waals surface area contributed by atoms with Crippen molar-refractivity contribution in [2.24, 2.45) is 11.8 Å². The highest BCUT2D eigenvalue weighted by Crippen LogP contribution is 2.42. The van der Waals surface area contributed by atoms with Gasteiger partial charge in [-0.15, -0.1) is 0 Å². The number of nitro groups is 1. The summed E-state index contributed by atoms with van der Waals surface area (Å²) < 4.78 is 12.1. The van der Waals surface area contributed by atoms with Crippen LogP contribution in [0.3, 0.4) is 0 Å². The number of benzene rings is 1. The van der Waals surface area contributed by atoms with E-state index in [-0.39, 0.29) is 5.75 Å². The van der Waals surface area contributed by atoms with Crippen molar-refractivity contribution in [2.45, 2.75) is 27.7 Å². The molecule has 0 N–H and O–H groups in total. The number of ether oxygens (including phenoxy) is 2. The second-order valence-corrected chi connectivity index (χ2v) is 7.64. The Hall–Kier alpha value is -3.34. The van der Waals surface area contributed by atoms with Gasteiger partial charge in [-0.05, 0) is 6.07 Å². The summed E-state index contributed by atoms with van der Waals surface area (Å²) >= 11 is 1.30. The minimum atomic E-state index is -0.699. The average Bonchev–Trinajstić information content (AvgIpc) is 3.24. The number of esters is 2. The average molecular weight is 418 g/mol. The first kappa shape index (κ1) is 20.4. The largest absolute Gasteiger partial charge is 0.422 e. The molecule has 29 heavy (non-hydrogen) atoms. The molecule has 1 aromatic carbocycles. The van der Waals surface area contributed by atoms with Gasteiger partial charge in [0, 0.05) is 11.6 Å². The standard InChI is InChI=1S/C18H18N4O6S/c1-9(2)16(23)27-14-6-11(12-7-21-18(20-12)29-8-19-21)5-13(22(25)26)15(14)28-17(24)10(3)4/h5-10H,1-4H3. The van der Waals surface area contributed by atoms with Gasteiger partial charge in [-0.2, -0.15) is 5.10 Å². The molecule has 0 bridgehead atoms. The van der Waals surface area contributed by atoms with E-state index < -0.39 is 40.1 Å². The summed E-state index contributed by atoms with van der Waals surface area (Å²) in [6, 6.07) is 2.62. The second kappa shape index (κ2) is 7.95. The fourth-order valence-electron chi connectivity index (χ4n) is 2.27. The quantitative estimate of drug-likeness (QED) is 0.258. The van der Waals surface area contributed by atoms with Crippen molar-refractivity contribution < 1.29 is 24.0 Å². The summed E-state index contributed by atoms with van der Waals surface area (Å²) in [5, 5.41) is 15.8. The van der Waals surface area contributed by atoms with Crippen LogP contribution in [0.25, 0.3) is 16.2 Å². The highest BCUT2D eigenvalue weighted by molar-refractivity contribution is 7.14. The minimum Gasteiger partial charge on any atom is -0.422 e. The maximum atomic E-state index is 12.2. The van der Waals surface area contributed by atoms with Crippen LogP contribution in [0.2, 0.25) is 0 Å². The fraction of sp³-hybridized carbons (Fsp3) is 0.333. The number of nitro benzene ring substituents is 1. The monoisotopic (exact) mass is 418 g/mol. The molecule has 0 spiro atoms. The third-order valence-electron chi connectivity index (χ3n) is 3.87. The van der Waals surface area contributed by atoms with Gasteiger partial charge in [0.25, 0.3) is 5.75 Å². The van der Waals surface area contributed by atoms with Crippen molar-refractivity contribution in [3.05, 3.63) is 34.0 Å². The van der Waals surface area contributed by atoms with Crippen LogP contribution >= 0.6 is 11.3 Å². The third kappa shape index (κ3) is 4.24. The molecule has 0 amide bonds. The Morgan fingerprint density at radius 2 is 1.79 bits per heavy atom. The lowest BCUT2D eigenvalue weighted by atomic mass is 10.1. The Kier molecular flexibility index (Phi) is 5.59. The smallest absolute Gasteiger partial charge is 0.316 e. The third-order valence-corrected chi connectivity index (χ3v) is 4.56. The predicted octanol–water partition coefficient (Wildman–Crippen LogP) is 3.49. The van der Waals surface area contributed by atoms with E-state index in [2.05, 4.69) is 10.1 Å². The highest BCUT2D eigenvalue weighted by atomic mass is 32.1. The number of rotatable bonds is 6. The van der Waals surface area contributed by atoms with Gasteiger partial charge < -0.3 is 9.47 Å². The number of aromatic nitrogens is 3. The van der Waals surface area contributed by atoms with Gasteiger partial charge in [0.1, 0.15) is 5.51 Å². The maximum absolute atomic E-state index is 12.2. The molecule has 0 saturated carbocycles. The van der Waals surface area contributed by atoms with Crippen LogP contribution < -0.4 is 9.47 Å². The van der Waals surface area contributed by atoms with Gasteiger partial charge in [-0.3, -0.25) is 19.7 Å². The summed E-state index contributed by atoms with van der Waals surface area (Å²) in [6.45, 7) is 6.42. The van der Waals surface area contributed by atoms with Crippen molar-refractivity contribution in [1.82, 2.24) is 14.6 Å². The summed E-state index contributed by atoms with van der Waals surface area (Å²) in [4.78, 5) is 40.2. The van der Waals surface area contributed by atoms with Crippen LogP contribution in [0.5, 0.6) is 11.5 Å². The first-order valence-corrected chi connectivity index (χ1v) is 9.60. The molecule has 11 heteroatoms. The van der Waals surface area contributed by atoms with Crippen molar-refractivity contribution in [1.29, 1.82) is 0 Å². The van der Waals surface area contributed by atoms with Gasteiger partial charge >= 0.3 is 17.6 Å². The molecule has 10 nitrogen and oxygen atoms in total. The molecule has 152 valence electrons. The number of nitrogens with zero attached hydrogens (tertiary/aromatic N) is 4. The molecule has 0 radical (unpaired) electrons. The fourth-order valence-corrected chi connectivity index (χ4v) is 2.87. The molecule has 3 aromatic rings. The molecular formula is C18H18N4O6S. The number of imidazole rings is 1. The molecular weight excluding hydrogens is 400 g/mol. The molecule has 0 saturated heterocycles. The van der Waals surface area contributed by atoms with E-state index in [9.17, 15) is 19.7 Å². The Labute approximate surface area is 169 Å². The second-order valence-electron chi connectivity index (χ2n) is 6.82. The summed E-state index contributed by atoms with van der Waals surface area (Å²) in [6.07, 6.45) is 1.60. The molecule has 3 rings (SSSR count). The SMILES string of the molecule is CC(C)C(=O)Oc1cc(-c2cn3ncsc3n2)cc([N+](=O)[O-])c1OC(=O)C(C)C. The van der Waals surface area contributed by atoms with E-state index >= 15 is 0 Å². The minimum absolute atomic E-state index is 0.216. The van der Waals surface area contributed by atoms with E-state index in [1.807, 2.05) is 0 Å². The van der Waals surface area contributed by atoms with E-state index in [0.29, 0.717) is 16.2 Å².